The number of fused-ring (bicyclic) bond motifs is 1. The zero-order valence-corrected chi connectivity index (χ0v) is 19.7. The number of aromatic carboxylic acids is 1. The smallest absolute Gasteiger partial charge is 0.341 e. The van der Waals surface area contributed by atoms with Crippen LogP contribution in [0.2, 0.25) is 0 Å². The molecule has 0 radical (unpaired) electrons. The second kappa shape index (κ2) is 9.19. The molecule has 182 valence electrons. The first-order valence-corrected chi connectivity index (χ1v) is 12.1. The highest BCUT2D eigenvalue weighted by Gasteiger charge is 2.36. The summed E-state index contributed by atoms with van der Waals surface area (Å²) >= 11 is 1.29. The second-order valence-electron chi connectivity index (χ2n) is 8.67. The van der Waals surface area contributed by atoms with E-state index in [2.05, 4.69) is 15.3 Å². The monoisotopic (exact) mass is 497 g/mol. The number of carboxylic acid groups (broad SMARTS) is 1. The van der Waals surface area contributed by atoms with Gasteiger partial charge in [-0.25, -0.2) is 14.8 Å². The third kappa shape index (κ3) is 4.30. The standard InChI is InChI=1S/C23H23N5O6S/c1-12-8-16(27-9-13(10-27)20(30)26-21(31)15-4-2-3-6-34-15)25-19-17(12)18(29)14(22(32)33)11-28(19)23-24-5-7-35-23/h5,7-8,11,13,15H,2-4,6,9-10H2,1H3,(H,32,33)(H,26,30,31). The van der Waals surface area contributed by atoms with E-state index in [-0.39, 0.29) is 22.8 Å². The van der Waals surface area contributed by atoms with Crippen LogP contribution in [0.1, 0.15) is 35.2 Å². The number of aryl methyl sites for hydroxylation is 1. The van der Waals surface area contributed by atoms with Gasteiger partial charge in [0.2, 0.25) is 11.3 Å². The van der Waals surface area contributed by atoms with Gasteiger partial charge in [-0.15, -0.1) is 11.3 Å². The summed E-state index contributed by atoms with van der Waals surface area (Å²) in [5.41, 5.74) is -0.109. The number of rotatable bonds is 5. The molecular formula is C23H23N5O6S. The number of hydrogen-bond donors (Lipinski definition) is 2. The molecule has 5 heterocycles. The third-order valence-corrected chi connectivity index (χ3v) is 7.06. The molecule has 0 aromatic carbocycles. The molecule has 2 amide bonds. The molecule has 5 rings (SSSR count). The van der Waals surface area contributed by atoms with Crippen molar-refractivity contribution in [2.45, 2.75) is 32.3 Å². The van der Waals surface area contributed by atoms with Gasteiger partial charge in [0, 0.05) is 37.5 Å². The number of imide groups is 1. The molecule has 2 aliphatic heterocycles. The van der Waals surface area contributed by atoms with E-state index in [9.17, 15) is 24.3 Å². The molecule has 0 bridgehead atoms. The van der Waals surface area contributed by atoms with Crippen LogP contribution < -0.4 is 15.6 Å². The molecule has 2 N–H and O–H groups in total. The Morgan fingerprint density at radius 3 is 2.69 bits per heavy atom. The fraction of sp³-hybridized carbons (Fsp3) is 0.391. The molecule has 35 heavy (non-hydrogen) atoms. The van der Waals surface area contributed by atoms with E-state index in [1.807, 2.05) is 4.90 Å². The summed E-state index contributed by atoms with van der Waals surface area (Å²) in [6.07, 6.45) is 4.68. The van der Waals surface area contributed by atoms with Gasteiger partial charge >= 0.3 is 5.97 Å². The van der Waals surface area contributed by atoms with Crippen LogP contribution in [0.4, 0.5) is 5.82 Å². The van der Waals surface area contributed by atoms with E-state index in [1.54, 1.807) is 24.6 Å². The molecule has 1 atom stereocenters. The van der Waals surface area contributed by atoms with E-state index in [0.29, 0.717) is 48.3 Å². The summed E-state index contributed by atoms with van der Waals surface area (Å²) < 4.78 is 6.95. The van der Waals surface area contributed by atoms with Crippen molar-refractivity contribution in [3.8, 4) is 5.13 Å². The number of carbonyl (C=O) groups is 3. The fourth-order valence-electron chi connectivity index (χ4n) is 4.36. The van der Waals surface area contributed by atoms with Gasteiger partial charge in [0.1, 0.15) is 17.5 Å². The Kier molecular flexibility index (Phi) is 6.07. The Labute approximate surface area is 203 Å². The lowest BCUT2D eigenvalue weighted by Crippen LogP contribution is -2.56. The lowest BCUT2D eigenvalue weighted by Gasteiger charge is -2.39. The van der Waals surface area contributed by atoms with Crippen LogP contribution in [0.25, 0.3) is 16.2 Å². The highest BCUT2D eigenvalue weighted by atomic mass is 32.1. The third-order valence-electron chi connectivity index (χ3n) is 6.29. The van der Waals surface area contributed by atoms with Crippen molar-refractivity contribution in [3.05, 3.63) is 45.2 Å². The number of amides is 2. The number of nitrogens with one attached hydrogen (secondary N) is 1. The average molecular weight is 498 g/mol. The van der Waals surface area contributed by atoms with Crippen LogP contribution in [0, 0.1) is 12.8 Å². The molecular weight excluding hydrogens is 474 g/mol. The number of ether oxygens (including phenoxy) is 1. The molecule has 2 fully saturated rings. The average Bonchev–Trinajstić information content (AvgIpc) is 3.33. The van der Waals surface area contributed by atoms with Crippen molar-refractivity contribution >= 4 is 46.0 Å². The Balaban J connectivity index is 1.39. The topological polar surface area (TPSA) is 144 Å². The minimum absolute atomic E-state index is 0.205. The van der Waals surface area contributed by atoms with Crippen molar-refractivity contribution < 1.29 is 24.2 Å². The number of anilines is 1. The van der Waals surface area contributed by atoms with Crippen LogP contribution in [-0.2, 0) is 14.3 Å². The first kappa shape index (κ1) is 23.1. The maximum absolute atomic E-state index is 12.9. The number of aromatic nitrogens is 3. The van der Waals surface area contributed by atoms with Crippen LogP contribution in [0.3, 0.4) is 0 Å². The van der Waals surface area contributed by atoms with Gasteiger partial charge in [-0.3, -0.25) is 24.3 Å². The Bertz CT molecular complexity index is 1370. The number of thiazole rings is 1. The van der Waals surface area contributed by atoms with Gasteiger partial charge in [0.25, 0.3) is 5.91 Å². The molecule has 0 saturated carbocycles. The van der Waals surface area contributed by atoms with Gasteiger partial charge < -0.3 is 14.7 Å². The first-order valence-electron chi connectivity index (χ1n) is 11.2. The van der Waals surface area contributed by atoms with Crippen molar-refractivity contribution in [2.75, 3.05) is 24.6 Å². The number of carbonyl (C=O) groups excluding carboxylic acids is 2. The summed E-state index contributed by atoms with van der Waals surface area (Å²) in [6, 6.07) is 1.71. The molecule has 2 saturated heterocycles. The minimum Gasteiger partial charge on any atom is -0.477 e. The highest BCUT2D eigenvalue weighted by Crippen LogP contribution is 2.28. The Morgan fingerprint density at radius 1 is 1.23 bits per heavy atom. The predicted octanol–water partition coefficient (Wildman–Crippen LogP) is 1.50. The maximum Gasteiger partial charge on any atom is 0.341 e. The van der Waals surface area contributed by atoms with Gasteiger partial charge in [-0.2, -0.15) is 0 Å². The van der Waals surface area contributed by atoms with E-state index < -0.39 is 23.4 Å². The summed E-state index contributed by atoms with van der Waals surface area (Å²) in [4.78, 5) is 60.2. The van der Waals surface area contributed by atoms with Crippen LogP contribution in [-0.4, -0.2) is 63.2 Å². The summed E-state index contributed by atoms with van der Waals surface area (Å²) in [6.45, 7) is 2.96. The van der Waals surface area contributed by atoms with E-state index in [1.165, 1.54) is 22.1 Å². The van der Waals surface area contributed by atoms with Crippen molar-refractivity contribution in [2.24, 2.45) is 5.92 Å². The summed E-state index contributed by atoms with van der Waals surface area (Å²) in [7, 11) is 0. The quantitative estimate of drug-likeness (QED) is 0.501. The Hall–Kier alpha value is -3.64. The van der Waals surface area contributed by atoms with E-state index >= 15 is 0 Å². The predicted molar refractivity (Wildman–Crippen MR) is 127 cm³/mol. The molecule has 11 nitrogen and oxygen atoms in total. The molecule has 3 aromatic heterocycles. The number of nitrogens with zero attached hydrogens (tertiary/aromatic N) is 4. The van der Waals surface area contributed by atoms with Gasteiger partial charge in [-0.1, -0.05) is 0 Å². The number of hydrogen-bond acceptors (Lipinski definition) is 9. The molecule has 0 aliphatic carbocycles. The Morgan fingerprint density at radius 2 is 2.03 bits per heavy atom. The normalized spacial score (nSPS) is 18.3. The van der Waals surface area contributed by atoms with Gasteiger partial charge in [-0.05, 0) is 37.8 Å². The number of carboxylic acids is 1. The van der Waals surface area contributed by atoms with Crippen molar-refractivity contribution in [1.82, 2.24) is 19.9 Å². The molecule has 0 spiro atoms. The molecule has 1 unspecified atom stereocenters. The summed E-state index contributed by atoms with van der Waals surface area (Å²) in [5, 5.41) is 14.4. The molecule has 3 aromatic rings. The number of pyridine rings is 2. The van der Waals surface area contributed by atoms with Gasteiger partial charge in [0.05, 0.1) is 11.3 Å². The zero-order chi connectivity index (χ0) is 24.7. The lowest BCUT2D eigenvalue weighted by atomic mass is 9.98. The van der Waals surface area contributed by atoms with Crippen molar-refractivity contribution in [1.29, 1.82) is 0 Å². The van der Waals surface area contributed by atoms with Gasteiger partial charge in [0.15, 0.2) is 10.8 Å². The molecule has 2 aliphatic rings. The second-order valence-corrected chi connectivity index (χ2v) is 9.54. The summed E-state index contributed by atoms with van der Waals surface area (Å²) in [5.74, 6) is -1.89. The van der Waals surface area contributed by atoms with E-state index in [4.69, 9.17) is 4.74 Å². The maximum atomic E-state index is 12.9. The first-order chi connectivity index (χ1) is 16.8. The van der Waals surface area contributed by atoms with Crippen LogP contribution in [0.5, 0.6) is 0 Å². The SMILES string of the molecule is Cc1cc(N2CC(C(=O)NC(=O)C3CCCCO3)C2)nc2c1c(=O)c(C(=O)O)cn2-c1nccs1. The minimum atomic E-state index is -1.32. The fourth-order valence-corrected chi connectivity index (χ4v) is 4.97. The van der Waals surface area contributed by atoms with Crippen molar-refractivity contribution in [3.63, 3.8) is 0 Å². The lowest BCUT2D eigenvalue weighted by molar-refractivity contribution is -0.141. The van der Waals surface area contributed by atoms with Crippen LogP contribution in [0.15, 0.2) is 28.6 Å². The largest absolute Gasteiger partial charge is 0.477 e. The van der Waals surface area contributed by atoms with E-state index in [0.717, 1.165) is 12.8 Å². The van der Waals surface area contributed by atoms with Crippen LogP contribution >= 0.6 is 11.3 Å². The highest BCUT2D eigenvalue weighted by molar-refractivity contribution is 7.12. The molecule has 12 heteroatoms. The zero-order valence-electron chi connectivity index (χ0n) is 18.9.